The highest BCUT2D eigenvalue weighted by molar-refractivity contribution is 8.04. The maximum Gasteiger partial charge on any atom is 0.271 e. The normalized spacial score (nSPS) is 11.6. The van der Waals surface area contributed by atoms with E-state index in [0.717, 1.165) is 12.8 Å². The van der Waals surface area contributed by atoms with E-state index in [9.17, 15) is 13.2 Å². The van der Waals surface area contributed by atoms with Crippen LogP contribution in [0, 0.1) is 0 Å². The van der Waals surface area contributed by atoms with Gasteiger partial charge in [-0.1, -0.05) is 58.3 Å². The van der Waals surface area contributed by atoms with Gasteiger partial charge in [0.1, 0.15) is 0 Å². The van der Waals surface area contributed by atoms with Gasteiger partial charge in [0.2, 0.25) is 0 Å². The summed E-state index contributed by atoms with van der Waals surface area (Å²) in [4.78, 5) is 11.0. The lowest BCUT2D eigenvalue weighted by Gasteiger charge is -2.01. The van der Waals surface area contributed by atoms with Gasteiger partial charge >= 0.3 is 0 Å². The van der Waals surface area contributed by atoms with Crippen LogP contribution >= 0.6 is 0 Å². The molecule has 0 aromatic carbocycles. The van der Waals surface area contributed by atoms with Gasteiger partial charge in [0, 0.05) is 6.42 Å². The van der Waals surface area contributed by atoms with Crippen LogP contribution in [0.15, 0.2) is 0 Å². The minimum absolute atomic E-state index is 0.0642. The topological polar surface area (TPSA) is 77.2 Å². The predicted molar refractivity (Wildman–Crippen MR) is 70.0 cm³/mol. The fourth-order valence-electron chi connectivity index (χ4n) is 1.72. The van der Waals surface area contributed by atoms with E-state index in [1.807, 2.05) is 0 Å². The predicted octanol–water partition coefficient (Wildman–Crippen LogP) is 2.72. The summed E-state index contributed by atoms with van der Waals surface area (Å²) in [7, 11) is -3.95. The second kappa shape index (κ2) is 9.59. The molecule has 0 bridgehead atoms. The van der Waals surface area contributed by atoms with Crippen LogP contribution in [0.3, 0.4) is 0 Å². The summed E-state index contributed by atoms with van der Waals surface area (Å²) in [5, 5.41) is 3.88. The van der Waals surface area contributed by atoms with Crippen molar-refractivity contribution in [1.82, 2.24) is 0 Å². The number of carbonyl (C=O) groups is 1. The number of carbonyl (C=O) groups excluding carboxylic acids is 1. The Hall–Kier alpha value is -0.420. The molecule has 0 rings (SSSR count). The molecule has 0 aromatic heterocycles. The molecule has 0 aliphatic carbocycles. The van der Waals surface area contributed by atoms with E-state index in [4.69, 9.17) is 5.14 Å². The minimum Gasteiger partial charge on any atom is -0.280 e. The molecule has 2 N–H and O–H groups in total. The molecule has 0 atom stereocenters. The maximum absolute atomic E-state index is 11.0. The quantitative estimate of drug-likeness (QED) is 0.616. The van der Waals surface area contributed by atoms with Crippen LogP contribution in [-0.2, 0) is 14.8 Å². The summed E-state index contributed by atoms with van der Waals surface area (Å²) >= 11 is 0. The lowest BCUT2D eigenvalue weighted by atomic mass is 10.1. The van der Waals surface area contributed by atoms with Gasteiger partial charge in [0.25, 0.3) is 15.1 Å². The van der Waals surface area contributed by atoms with Crippen molar-refractivity contribution >= 4 is 15.1 Å². The maximum atomic E-state index is 11.0. The molecular formula is C12H25NO3S. The number of hydrogen-bond acceptors (Lipinski definition) is 3. The number of rotatable bonds is 10. The Morgan fingerprint density at radius 3 is 1.71 bits per heavy atom. The van der Waals surface area contributed by atoms with E-state index in [0.29, 0.717) is 6.42 Å². The first-order chi connectivity index (χ1) is 7.98. The summed E-state index contributed by atoms with van der Waals surface area (Å²) in [5.74, 6) is 0. The van der Waals surface area contributed by atoms with E-state index < -0.39 is 15.1 Å². The molecule has 0 unspecified atom stereocenters. The average Bonchev–Trinajstić information content (AvgIpc) is 2.25. The summed E-state index contributed by atoms with van der Waals surface area (Å²) < 4.78 is 21.3. The van der Waals surface area contributed by atoms with Gasteiger partial charge in [-0.3, -0.25) is 4.79 Å². The number of nitrogens with two attached hydrogens (primary N) is 1. The fraction of sp³-hybridized carbons (Fsp3) is 0.917. The van der Waals surface area contributed by atoms with Crippen molar-refractivity contribution in [3.8, 4) is 0 Å². The van der Waals surface area contributed by atoms with Crippen LogP contribution in [0.2, 0.25) is 0 Å². The van der Waals surface area contributed by atoms with Crippen LogP contribution in [0.5, 0.6) is 0 Å². The second-order valence-electron chi connectivity index (χ2n) is 4.50. The third-order valence-corrected chi connectivity index (χ3v) is 3.64. The lowest BCUT2D eigenvalue weighted by Crippen LogP contribution is -2.22. The molecule has 17 heavy (non-hydrogen) atoms. The zero-order valence-corrected chi connectivity index (χ0v) is 11.6. The van der Waals surface area contributed by atoms with E-state index in [-0.39, 0.29) is 6.42 Å². The number of sulfonamides is 1. The Morgan fingerprint density at radius 1 is 0.882 bits per heavy atom. The van der Waals surface area contributed by atoms with Gasteiger partial charge < -0.3 is 0 Å². The Balaban J connectivity index is 3.27. The van der Waals surface area contributed by atoms with Crippen molar-refractivity contribution in [1.29, 1.82) is 0 Å². The molecule has 0 aliphatic heterocycles. The molecule has 0 saturated heterocycles. The lowest BCUT2D eigenvalue weighted by molar-refractivity contribution is -0.111. The van der Waals surface area contributed by atoms with Crippen molar-refractivity contribution in [2.45, 2.75) is 71.1 Å². The first kappa shape index (κ1) is 16.6. The highest BCUT2D eigenvalue weighted by atomic mass is 32.2. The molecule has 0 heterocycles. The van der Waals surface area contributed by atoms with Crippen LogP contribution in [0.25, 0.3) is 0 Å². The molecule has 102 valence electrons. The van der Waals surface area contributed by atoms with Gasteiger partial charge in [-0.2, -0.15) is 0 Å². The van der Waals surface area contributed by atoms with E-state index in [2.05, 4.69) is 6.92 Å². The highest BCUT2D eigenvalue weighted by Crippen LogP contribution is 2.10. The zero-order valence-electron chi connectivity index (χ0n) is 10.8. The zero-order chi connectivity index (χ0) is 13.1. The highest BCUT2D eigenvalue weighted by Gasteiger charge is 2.14. The third kappa shape index (κ3) is 10.5. The third-order valence-electron chi connectivity index (χ3n) is 2.80. The Morgan fingerprint density at radius 2 is 1.29 bits per heavy atom. The van der Waals surface area contributed by atoms with E-state index in [1.54, 1.807) is 0 Å². The van der Waals surface area contributed by atoms with Crippen molar-refractivity contribution in [3.05, 3.63) is 0 Å². The van der Waals surface area contributed by atoms with Gasteiger partial charge in [-0.05, 0) is 6.42 Å². The van der Waals surface area contributed by atoms with Gasteiger partial charge in [0.05, 0.1) is 0 Å². The minimum atomic E-state index is -3.95. The smallest absolute Gasteiger partial charge is 0.271 e. The summed E-state index contributed by atoms with van der Waals surface area (Å²) in [6.45, 7) is 2.20. The standard InChI is InChI=1S/C12H25NO3S/c1-2-3-4-5-6-7-8-9-10-11-12(14)17(13,15)16/h2-11H2,1H3,(H2,13,15,16). The van der Waals surface area contributed by atoms with Crippen molar-refractivity contribution in [2.75, 3.05) is 0 Å². The summed E-state index contributed by atoms with van der Waals surface area (Å²) in [6.07, 6.45) is 10.2. The fourth-order valence-corrected chi connectivity index (χ4v) is 2.15. The van der Waals surface area contributed by atoms with Crippen LogP contribution < -0.4 is 5.14 Å². The molecule has 0 radical (unpaired) electrons. The molecular weight excluding hydrogens is 238 g/mol. The molecule has 0 aliphatic rings. The summed E-state index contributed by atoms with van der Waals surface area (Å²) in [6, 6.07) is 0. The number of unbranched alkanes of at least 4 members (excludes halogenated alkanes) is 8. The first-order valence-electron chi connectivity index (χ1n) is 6.54. The number of hydrogen-bond donors (Lipinski definition) is 1. The molecule has 0 saturated carbocycles. The van der Waals surface area contributed by atoms with Crippen LogP contribution in [0.1, 0.15) is 71.1 Å². The molecule has 0 amide bonds. The van der Waals surface area contributed by atoms with Crippen LogP contribution in [-0.4, -0.2) is 13.5 Å². The summed E-state index contributed by atoms with van der Waals surface area (Å²) in [5.41, 5.74) is 0. The Labute approximate surface area is 105 Å². The van der Waals surface area contributed by atoms with Crippen molar-refractivity contribution in [2.24, 2.45) is 5.14 Å². The Bertz CT molecular complexity index is 299. The van der Waals surface area contributed by atoms with Crippen molar-refractivity contribution in [3.63, 3.8) is 0 Å². The van der Waals surface area contributed by atoms with Crippen molar-refractivity contribution < 1.29 is 13.2 Å². The van der Waals surface area contributed by atoms with Gasteiger partial charge in [0.15, 0.2) is 0 Å². The Kier molecular flexibility index (Phi) is 9.36. The van der Waals surface area contributed by atoms with E-state index in [1.165, 1.54) is 38.5 Å². The molecule has 5 heteroatoms. The monoisotopic (exact) mass is 263 g/mol. The van der Waals surface area contributed by atoms with Gasteiger partial charge in [-0.15, -0.1) is 0 Å². The SMILES string of the molecule is CCCCCCCCCCCC(=O)S(N)(=O)=O. The average molecular weight is 263 g/mol. The second-order valence-corrected chi connectivity index (χ2v) is 6.04. The number of primary sulfonamides is 1. The molecule has 0 spiro atoms. The first-order valence-corrected chi connectivity index (χ1v) is 8.08. The molecule has 4 nitrogen and oxygen atoms in total. The van der Waals surface area contributed by atoms with Gasteiger partial charge in [-0.25, -0.2) is 13.6 Å². The molecule has 0 aromatic rings. The largest absolute Gasteiger partial charge is 0.280 e. The van der Waals surface area contributed by atoms with Crippen LogP contribution in [0.4, 0.5) is 0 Å². The molecule has 0 fully saturated rings. The van der Waals surface area contributed by atoms with E-state index >= 15 is 0 Å².